The molecule has 0 aromatic heterocycles. The van der Waals surface area contributed by atoms with Crippen molar-refractivity contribution in [2.45, 2.75) is 13.5 Å². The van der Waals surface area contributed by atoms with Crippen molar-refractivity contribution < 1.29 is 9.47 Å². The van der Waals surface area contributed by atoms with Crippen LogP contribution >= 0.6 is 0 Å². The van der Waals surface area contributed by atoms with E-state index in [2.05, 4.69) is 9.97 Å². The number of anilines is 1. The van der Waals surface area contributed by atoms with Crippen molar-refractivity contribution in [2.75, 3.05) is 12.5 Å². The van der Waals surface area contributed by atoms with Crippen molar-refractivity contribution in [3.63, 3.8) is 0 Å². The zero-order valence-electron chi connectivity index (χ0n) is 11.3. The summed E-state index contributed by atoms with van der Waals surface area (Å²) in [5.74, 6) is 1.30. The first-order chi connectivity index (χ1) is 10.2. The largest absolute Gasteiger partial charge is 0.454 e. The minimum atomic E-state index is -0.376. The van der Waals surface area contributed by atoms with Crippen LogP contribution in [0.3, 0.4) is 0 Å². The fourth-order valence-electron chi connectivity index (χ4n) is 2.63. The van der Waals surface area contributed by atoms with Gasteiger partial charge >= 0.3 is 0 Å². The van der Waals surface area contributed by atoms with E-state index in [4.69, 9.17) is 15.2 Å². The highest BCUT2D eigenvalue weighted by molar-refractivity contribution is 5.96. The number of aryl methyl sites for hydroxylation is 1. The maximum atomic E-state index is 12.0. The van der Waals surface area contributed by atoms with Crippen molar-refractivity contribution in [3.05, 3.63) is 28.7 Å². The third-order valence-corrected chi connectivity index (χ3v) is 3.61. The van der Waals surface area contributed by atoms with E-state index >= 15 is 0 Å². The number of nitrogen functional groups attached to an aromatic ring is 1. The summed E-state index contributed by atoms with van der Waals surface area (Å²) in [5.41, 5.74) is 7.12. The van der Waals surface area contributed by atoms with Crippen molar-refractivity contribution in [1.29, 1.82) is 0 Å². The monoisotopic (exact) mass is 284 g/mol. The molecular formula is C14H12N4O3. The van der Waals surface area contributed by atoms with E-state index in [1.54, 1.807) is 6.20 Å². The summed E-state index contributed by atoms with van der Waals surface area (Å²) in [5, 5.41) is 0.796. The van der Waals surface area contributed by atoms with Crippen molar-refractivity contribution in [1.82, 2.24) is 14.5 Å². The van der Waals surface area contributed by atoms with E-state index in [0.717, 1.165) is 10.9 Å². The molecular weight excluding hydrogens is 272 g/mol. The molecule has 106 valence electrons. The first-order valence-corrected chi connectivity index (χ1v) is 6.57. The van der Waals surface area contributed by atoms with Crippen LogP contribution in [0.2, 0.25) is 0 Å². The Kier molecular flexibility index (Phi) is 2.32. The number of hydrogen-bond donors (Lipinski definition) is 1. The Morgan fingerprint density at radius 3 is 2.81 bits per heavy atom. The summed E-state index contributed by atoms with van der Waals surface area (Å²) in [4.78, 5) is 20.0. The number of nitrogens with zero attached hydrogens (tertiary/aromatic N) is 3. The Bertz CT molecular complexity index is 903. The molecule has 3 heterocycles. The Balaban J connectivity index is 2.21. The normalized spacial score (nSPS) is 13.2. The van der Waals surface area contributed by atoms with Crippen molar-refractivity contribution in [2.24, 2.45) is 0 Å². The van der Waals surface area contributed by atoms with Crippen LogP contribution in [0.15, 0.2) is 23.1 Å². The number of ether oxygens (including phenoxy) is 2. The maximum absolute atomic E-state index is 12.0. The zero-order valence-corrected chi connectivity index (χ0v) is 11.3. The molecule has 0 fully saturated rings. The minimum absolute atomic E-state index is 0.0271. The number of nitrogens with two attached hydrogens (primary N) is 1. The van der Waals surface area contributed by atoms with Crippen LogP contribution in [-0.4, -0.2) is 21.3 Å². The van der Waals surface area contributed by atoms with Crippen LogP contribution in [0.4, 0.5) is 5.95 Å². The lowest BCUT2D eigenvalue weighted by Gasteiger charge is -2.15. The number of aromatic nitrogens is 3. The number of benzene rings is 1. The van der Waals surface area contributed by atoms with Crippen LogP contribution in [-0.2, 0) is 6.54 Å². The maximum Gasteiger partial charge on any atom is 0.283 e. The van der Waals surface area contributed by atoms with Crippen LogP contribution in [0.5, 0.6) is 11.5 Å². The fraction of sp³-hybridized carbons (Fsp3) is 0.214. The molecule has 0 radical (unpaired) electrons. The predicted octanol–water partition coefficient (Wildman–Crippen LogP) is 1.23. The number of pyridine rings is 1. The summed E-state index contributed by atoms with van der Waals surface area (Å²) in [6, 6.07) is 3.72. The van der Waals surface area contributed by atoms with Gasteiger partial charge in [0, 0.05) is 24.2 Å². The number of hydrogen-bond acceptors (Lipinski definition) is 6. The van der Waals surface area contributed by atoms with Gasteiger partial charge in [0.2, 0.25) is 12.7 Å². The second kappa shape index (κ2) is 4.08. The molecule has 2 N–H and O–H groups in total. The minimum Gasteiger partial charge on any atom is -0.454 e. The summed E-state index contributed by atoms with van der Waals surface area (Å²) in [6.45, 7) is 2.90. The lowest BCUT2D eigenvalue weighted by atomic mass is 10.1. The highest BCUT2D eigenvalue weighted by Crippen LogP contribution is 2.39. The van der Waals surface area contributed by atoms with E-state index in [-0.39, 0.29) is 18.3 Å². The van der Waals surface area contributed by atoms with Gasteiger partial charge in [-0.2, -0.15) is 4.98 Å². The second-order valence-electron chi connectivity index (χ2n) is 4.79. The lowest BCUT2D eigenvalue weighted by molar-refractivity contribution is 0.174. The molecule has 0 saturated carbocycles. The van der Waals surface area contributed by atoms with Gasteiger partial charge in [-0.25, -0.2) is 4.98 Å². The third kappa shape index (κ3) is 1.63. The molecule has 3 aliphatic heterocycles. The van der Waals surface area contributed by atoms with E-state index in [0.29, 0.717) is 29.3 Å². The topological polar surface area (TPSA) is 92.3 Å². The predicted molar refractivity (Wildman–Crippen MR) is 76.6 cm³/mol. The lowest BCUT2D eigenvalue weighted by Crippen LogP contribution is -2.17. The van der Waals surface area contributed by atoms with E-state index in [1.807, 2.05) is 23.6 Å². The molecule has 0 unspecified atom stereocenters. The van der Waals surface area contributed by atoms with Gasteiger partial charge in [-0.3, -0.25) is 4.79 Å². The Morgan fingerprint density at radius 1 is 1.29 bits per heavy atom. The van der Waals surface area contributed by atoms with Gasteiger partial charge < -0.3 is 19.8 Å². The molecule has 0 atom stereocenters. The fourth-order valence-corrected chi connectivity index (χ4v) is 2.63. The number of rotatable bonds is 1. The van der Waals surface area contributed by atoms with Gasteiger partial charge in [0.25, 0.3) is 5.56 Å². The van der Waals surface area contributed by atoms with Crippen molar-refractivity contribution >= 4 is 16.9 Å². The zero-order chi connectivity index (χ0) is 14.6. The molecule has 0 aliphatic carbocycles. The molecule has 3 aliphatic rings. The molecule has 0 bridgehead atoms. The van der Waals surface area contributed by atoms with Gasteiger partial charge in [0.05, 0.1) is 16.8 Å². The van der Waals surface area contributed by atoms with E-state index in [1.165, 1.54) is 0 Å². The molecule has 4 rings (SSSR count). The van der Waals surface area contributed by atoms with Gasteiger partial charge in [-0.1, -0.05) is 0 Å². The quantitative estimate of drug-likeness (QED) is 0.676. The van der Waals surface area contributed by atoms with Gasteiger partial charge in [-0.15, -0.1) is 0 Å². The van der Waals surface area contributed by atoms with E-state index in [9.17, 15) is 4.79 Å². The Hall–Kier alpha value is -2.83. The molecule has 7 heteroatoms. The highest BCUT2D eigenvalue weighted by atomic mass is 16.7. The Labute approximate surface area is 119 Å². The van der Waals surface area contributed by atoms with Gasteiger partial charge in [0.15, 0.2) is 11.5 Å². The molecule has 0 amide bonds. The molecule has 1 aromatic rings. The molecule has 21 heavy (non-hydrogen) atoms. The smallest absolute Gasteiger partial charge is 0.283 e. The van der Waals surface area contributed by atoms with E-state index < -0.39 is 0 Å². The summed E-state index contributed by atoms with van der Waals surface area (Å²) >= 11 is 0. The van der Waals surface area contributed by atoms with Gasteiger partial charge in [-0.05, 0) is 13.0 Å². The number of fused-ring (bicyclic) bond motifs is 4. The average molecular weight is 284 g/mol. The van der Waals surface area contributed by atoms with Crippen LogP contribution < -0.4 is 20.8 Å². The summed E-state index contributed by atoms with van der Waals surface area (Å²) in [6.07, 6.45) is 1.75. The summed E-state index contributed by atoms with van der Waals surface area (Å²) in [7, 11) is 0. The Morgan fingerprint density at radius 2 is 2.05 bits per heavy atom. The second-order valence-corrected chi connectivity index (χ2v) is 4.79. The first-order valence-electron chi connectivity index (χ1n) is 6.57. The van der Waals surface area contributed by atoms with Crippen LogP contribution in [0, 0.1) is 0 Å². The molecule has 0 saturated heterocycles. The third-order valence-electron chi connectivity index (χ3n) is 3.61. The van der Waals surface area contributed by atoms with Gasteiger partial charge in [0.1, 0.15) is 0 Å². The summed E-state index contributed by atoms with van der Waals surface area (Å²) < 4.78 is 12.8. The van der Waals surface area contributed by atoms with Crippen molar-refractivity contribution in [3.8, 4) is 22.8 Å². The molecule has 0 spiro atoms. The standard InChI is InChI=1S/C14H12N4O3/c1-2-18-5-8-12(16-14(15)17-13(8)19)7-3-10-11(4-9(7)18)21-6-20-10/h3-5H,2,6H2,1H3,(H2,15,17,19). The average Bonchev–Trinajstić information content (AvgIpc) is 2.92. The molecule has 1 aromatic carbocycles. The van der Waals surface area contributed by atoms with Crippen LogP contribution in [0.1, 0.15) is 6.92 Å². The van der Waals surface area contributed by atoms with Crippen LogP contribution in [0.25, 0.3) is 22.2 Å². The SMILES string of the molecule is CCn1cc2c(=O)nc(N)nc-2c2cc3c(cc21)OCO3. The highest BCUT2D eigenvalue weighted by Gasteiger charge is 2.21. The first kappa shape index (κ1) is 12.0. The molecule has 7 nitrogen and oxygen atoms in total.